The van der Waals surface area contributed by atoms with Crippen LogP contribution < -0.4 is 20.3 Å². The fourth-order valence-electron chi connectivity index (χ4n) is 3.38. The zero-order chi connectivity index (χ0) is 19.8. The Kier molecular flexibility index (Phi) is 4.68. The number of benzene rings is 2. The average Bonchev–Trinajstić information content (AvgIpc) is 3.17. The Labute approximate surface area is 165 Å². The van der Waals surface area contributed by atoms with Gasteiger partial charge < -0.3 is 14.8 Å². The molecule has 3 aromatic rings. The van der Waals surface area contributed by atoms with Crippen LogP contribution >= 0.6 is 11.6 Å². The van der Waals surface area contributed by atoms with Crippen molar-refractivity contribution in [1.29, 1.82) is 0 Å². The van der Waals surface area contributed by atoms with Gasteiger partial charge in [0, 0.05) is 30.7 Å². The van der Waals surface area contributed by atoms with E-state index in [0.717, 1.165) is 18.7 Å². The van der Waals surface area contributed by atoms with E-state index in [1.165, 1.54) is 14.2 Å². The van der Waals surface area contributed by atoms with Crippen molar-refractivity contribution in [3.63, 3.8) is 0 Å². The summed E-state index contributed by atoms with van der Waals surface area (Å²) in [4.78, 5) is 29.9. The van der Waals surface area contributed by atoms with Gasteiger partial charge in [-0.15, -0.1) is 0 Å². The lowest BCUT2D eigenvalue weighted by atomic mass is 10.1. The predicted molar refractivity (Wildman–Crippen MR) is 107 cm³/mol. The van der Waals surface area contributed by atoms with Gasteiger partial charge in [0.15, 0.2) is 0 Å². The quantitative estimate of drug-likeness (QED) is 0.728. The van der Waals surface area contributed by atoms with Gasteiger partial charge >= 0.3 is 0 Å². The van der Waals surface area contributed by atoms with Crippen molar-refractivity contribution in [1.82, 2.24) is 9.55 Å². The van der Waals surface area contributed by atoms with Crippen molar-refractivity contribution in [2.45, 2.75) is 19.4 Å². The third-order valence-electron chi connectivity index (χ3n) is 4.80. The number of carbonyl (C=O) groups is 1. The van der Waals surface area contributed by atoms with Gasteiger partial charge in [-0.1, -0.05) is 11.6 Å². The largest absolute Gasteiger partial charge is 0.495 e. The molecule has 1 N–H and O–H groups in total. The van der Waals surface area contributed by atoms with Gasteiger partial charge in [0.05, 0.1) is 35.8 Å². The average molecular weight is 400 g/mol. The zero-order valence-corrected chi connectivity index (χ0v) is 16.2. The van der Waals surface area contributed by atoms with Gasteiger partial charge in [-0.3, -0.25) is 14.2 Å². The second-order valence-electron chi connectivity index (χ2n) is 6.46. The number of anilines is 1. The first kappa shape index (κ1) is 18.3. The molecule has 0 spiro atoms. The van der Waals surface area contributed by atoms with Crippen LogP contribution in [0.4, 0.5) is 5.69 Å². The first-order chi connectivity index (χ1) is 13.5. The zero-order valence-electron chi connectivity index (χ0n) is 15.4. The van der Waals surface area contributed by atoms with Crippen molar-refractivity contribution in [3.05, 3.63) is 57.1 Å². The molecule has 8 heteroatoms. The highest BCUT2D eigenvalue weighted by Gasteiger charge is 2.18. The maximum atomic E-state index is 12.8. The molecule has 0 fully saturated rings. The first-order valence-corrected chi connectivity index (χ1v) is 9.16. The van der Waals surface area contributed by atoms with Crippen LogP contribution in [0.25, 0.3) is 10.9 Å². The molecule has 0 bridgehead atoms. The molecule has 0 radical (unpaired) electrons. The molecule has 0 saturated carbocycles. The molecule has 4 rings (SSSR count). The summed E-state index contributed by atoms with van der Waals surface area (Å²) in [7, 11) is 2.98. The molecule has 2 heterocycles. The van der Waals surface area contributed by atoms with Crippen molar-refractivity contribution in [2.75, 3.05) is 19.5 Å². The second-order valence-corrected chi connectivity index (χ2v) is 6.87. The highest BCUT2D eigenvalue weighted by Crippen LogP contribution is 2.36. The molecule has 1 aliphatic rings. The highest BCUT2D eigenvalue weighted by atomic mass is 35.5. The lowest BCUT2D eigenvalue weighted by molar-refractivity contribution is 0.102. The highest BCUT2D eigenvalue weighted by molar-refractivity contribution is 6.32. The van der Waals surface area contributed by atoms with Crippen LogP contribution in [-0.4, -0.2) is 29.7 Å². The minimum Gasteiger partial charge on any atom is -0.495 e. The van der Waals surface area contributed by atoms with E-state index in [4.69, 9.17) is 21.1 Å². The van der Waals surface area contributed by atoms with Gasteiger partial charge in [0.1, 0.15) is 17.3 Å². The number of nitrogens with zero attached hydrogens (tertiary/aromatic N) is 2. The van der Waals surface area contributed by atoms with E-state index in [1.54, 1.807) is 34.9 Å². The van der Waals surface area contributed by atoms with Crippen molar-refractivity contribution < 1.29 is 14.3 Å². The van der Waals surface area contributed by atoms with Gasteiger partial charge in [-0.2, -0.15) is 0 Å². The van der Waals surface area contributed by atoms with Gasteiger partial charge in [0.25, 0.3) is 11.5 Å². The van der Waals surface area contributed by atoms with Crippen LogP contribution in [0.15, 0.2) is 35.1 Å². The molecule has 7 nitrogen and oxygen atoms in total. The maximum Gasteiger partial charge on any atom is 0.261 e. The van der Waals surface area contributed by atoms with Crippen molar-refractivity contribution in [2.24, 2.45) is 0 Å². The van der Waals surface area contributed by atoms with E-state index in [1.807, 2.05) is 0 Å². The van der Waals surface area contributed by atoms with E-state index in [-0.39, 0.29) is 11.5 Å². The van der Waals surface area contributed by atoms with Gasteiger partial charge in [0.2, 0.25) is 0 Å². The molecular formula is C20H18ClN3O4. The first-order valence-electron chi connectivity index (χ1n) is 8.78. The number of methoxy groups -OCH3 is 2. The van der Waals surface area contributed by atoms with E-state index in [9.17, 15) is 9.59 Å². The summed E-state index contributed by atoms with van der Waals surface area (Å²) < 4.78 is 12.2. The summed E-state index contributed by atoms with van der Waals surface area (Å²) in [6.45, 7) is 0.692. The van der Waals surface area contributed by atoms with Crippen LogP contribution in [0.3, 0.4) is 0 Å². The topological polar surface area (TPSA) is 82.5 Å². The van der Waals surface area contributed by atoms with Crippen molar-refractivity contribution >= 4 is 34.1 Å². The number of hydrogen-bond acceptors (Lipinski definition) is 5. The second kappa shape index (κ2) is 7.16. The molecule has 0 aliphatic carbocycles. The predicted octanol–water partition coefficient (Wildman–Crippen LogP) is 3.27. The summed E-state index contributed by atoms with van der Waals surface area (Å²) in [6.07, 6.45) is 1.67. The van der Waals surface area contributed by atoms with E-state index in [2.05, 4.69) is 10.3 Å². The van der Waals surface area contributed by atoms with Crippen LogP contribution in [0.5, 0.6) is 11.5 Å². The van der Waals surface area contributed by atoms with Crippen LogP contribution in [0, 0.1) is 0 Å². The Bertz CT molecular complexity index is 1160. The molecule has 144 valence electrons. The Morgan fingerprint density at radius 3 is 2.71 bits per heavy atom. The molecular weight excluding hydrogens is 382 g/mol. The number of fused-ring (bicyclic) bond motifs is 2. The number of amides is 1. The summed E-state index contributed by atoms with van der Waals surface area (Å²) in [6, 6.07) is 8.05. The van der Waals surface area contributed by atoms with E-state index >= 15 is 0 Å². The fraction of sp³-hybridized carbons (Fsp3) is 0.250. The third-order valence-corrected chi connectivity index (χ3v) is 5.10. The number of halogens is 1. The fourth-order valence-corrected chi connectivity index (χ4v) is 3.61. The van der Waals surface area contributed by atoms with Gasteiger partial charge in [-0.25, -0.2) is 4.98 Å². The summed E-state index contributed by atoms with van der Waals surface area (Å²) >= 11 is 6.10. The Balaban J connectivity index is 1.70. The summed E-state index contributed by atoms with van der Waals surface area (Å²) in [5.74, 6) is 1.24. The number of rotatable bonds is 4. The Morgan fingerprint density at radius 1 is 1.18 bits per heavy atom. The number of hydrogen-bond donors (Lipinski definition) is 1. The molecule has 2 aromatic carbocycles. The minimum absolute atomic E-state index is 0.0615. The smallest absolute Gasteiger partial charge is 0.261 e. The molecule has 1 aliphatic heterocycles. The molecule has 1 aromatic heterocycles. The number of ether oxygens (including phenoxy) is 2. The van der Waals surface area contributed by atoms with E-state index < -0.39 is 0 Å². The third kappa shape index (κ3) is 3.07. The minimum atomic E-state index is -0.355. The number of carbonyl (C=O) groups excluding carboxylic acids is 1. The lowest BCUT2D eigenvalue weighted by Crippen LogP contribution is -2.21. The molecule has 0 unspecified atom stereocenters. The molecule has 0 saturated heterocycles. The SMILES string of the molecule is COc1cc(NC(=O)c2ccc3c(=O)n4c(nc3c2)CCC4)c(OC)cc1Cl. The Morgan fingerprint density at radius 2 is 1.96 bits per heavy atom. The standard InChI is InChI=1S/C20H18ClN3O4/c1-27-16-10-15(17(28-2)9-13(16)21)23-19(25)11-5-6-12-14(8-11)22-18-4-3-7-24(18)20(12)26/h5-6,8-10H,3-4,7H2,1-2H3,(H,23,25). The molecule has 28 heavy (non-hydrogen) atoms. The van der Waals surface area contributed by atoms with Crippen molar-refractivity contribution in [3.8, 4) is 11.5 Å². The summed E-state index contributed by atoms with van der Waals surface area (Å²) in [5, 5.41) is 3.68. The van der Waals surface area contributed by atoms with Crippen LogP contribution in [0.2, 0.25) is 5.02 Å². The monoisotopic (exact) mass is 399 g/mol. The van der Waals surface area contributed by atoms with Gasteiger partial charge in [-0.05, 0) is 24.6 Å². The number of aromatic nitrogens is 2. The molecule has 0 atom stereocenters. The van der Waals surface area contributed by atoms with E-state index in [0.29, 0.717) is 45.2 Å². The molecule has 1 amide bonds. The Hall–Kier alpha value is -3.06. The number of aryl methyl sites for hydroxylation is 1. The normalized spacial score (nSPS) is 12.7. The lowest BCUT2D eigenvalue weighted by Gasteiger charge is -2.13. The summed E-state index contributed by atoms with van der Waals surface area (Å²) in [5.41, 5.74) is 1.27. The van der Waals surface area contributed by atoms with Crippen LogP contribution in [-0.2, 0) is 13.0 Å². The maximum absolute atomic E-state index is 12.8. The van der Waals surface area contributed by atoms with Crippen LogP contribution in [0.1, 0.15) is 22.6 Å². The number of nitrogens with one attached hydrogen (secondary N) is 1.